The first-order valence-corrected chi connectivity index (χ1v) is 15.8. The molecule has 0 bridgehead atoms. The average Bonchev–Trinajstić information content (AvgIpc) is 2.64. The Balaban J connectivity index is 4.99. The lowest BCUT2D eigenvalue weighted by molar-refractivity contribution is 0.763. The van der Waals surface area contributed by atoms with Crippen LogP contribution in [0.2, 0.25) is 6.32 Å². The van der Waals surface area contributed by atoms with Gasteiger partial charge in [0, 0.05) is 0 Å². The fourth-order valence-electron chi connectivity index (χ4n) is 3.93. The second-order valence-electron chi connectivity index (χ2n) is 8.17. The predicted octanol–water partition coefficient (Wildman–Crippen LogP) is 9.61. The van der Waals surface area contributed by atoms with Crippen molar-refractivity contribution >= 4 is 21.8 Å². The topological polar surface area (TPSA) is 0 Å². The highest BCUT2D eigenvalue weighted by atomic mass is 31.2. The van der Waals surface area contributed by atoms with Crippen LogP contribution < -0.4 is 0 Å². The van der Waals surface area contributed by atoms with Gasteiger partial charge in [0.1, 0.15) is 0 Å². The van der Waals surface area contributed by atoms with Crippen LogP contribution in [0.1, 0.15) is 118 Å². The molecule has 0 aliphatic rings. The van der Waals surface area contributed by atoms with Gasteiger partial charge < -0.3 is 0 Å². The van der Waals surface area contributed by atoms with Gasteiger partial charge in [-0.05, 0) is 24.6 Å². The summed E-state index contributed by atoms with van der Waals surface area (Å²) in [6.45, 7) is 11.9. The van der Waals surface area contributed by atoms with Gasteiger partial charge in [-0.2, -0.15) is 0 Å². The Morgan fingerprint density at radius 2 is 0.731 bits per heavy atom. The SMILES string of the molecule is CCCCCP(CCCCC)B(CCC)P(CCCCC)CCCCC. The second-order valence-corrected chi connectivity index (χ2v) is 14.0. The lowest BCUT2D eigenvalue weighted by atomic mass is 9.98. The summed E-state index contributed by atoms with van der Waals surface area (Å²) in [4.78, 5) is 0. The molecule has 0 saturated heterocycles. The minimum atomic E-state index is 0.295. The van der Waals surface area contributed by atoms with Gasteiger partial charge in [-0.3, -0.25) is 0 Å². The molecule has 0 amide bonds. The molecule has 0 aromatic carbocycles. The van der Waals surface area contributed by atoms with Gasteiger partial charge in [-0.25, -0.2) is 0 Å². The van der Waals surface area contributed by atoms with Crippen LogP contribution in [0, 0.1) is 0 Å². The first-order valence-electron chi connectivity index (χ1n) is 12.2. The lowest BCUT2D eigenvalue weighted by Gasteiger charge is -2.33. The van der Waals surface area contributed by atoms with Gasteiger partial charge in [0.15, 0.2) is 6.15 Å². The van der Waals surface area contributed by atoms with Crippen molar-refractivity contribution in [1.29, 1.82) is 0 Å². The maximum absolute atomic E-state index is 2.45. The zero-order valence-corrected chi connectivity index (χ0v) is 21.0. The molecule has 0 saturated carbocycles. The molecule has 0 aliphatic heterocycles. The Morgan fingerprint density at radius 3 is 0.962 bits per heavy atom. The molecule has 0 nitrogen and oxygen atoms in total. The zero-order valence-electron chi connectivity index (χ0n) is 19.2. The third-order valence-electron chi connectivity index (χ3n) is 5.59. The second kappa shape index (κ2) is 20.7. The maximum Gasteiger partial charge on any atom is 0.199 e. The highest BCUT2D eigenvalue weighted by Gasteiger charge is 2.30. The molecular weight excluding hydrogens is 349 g/mol. The molecule has 26 heavy (non-hydrogen) atoms. The van der Waals surface area contributed by atoms with E-state index < -0.39 is 0 Å². The number of unbranched alkanes of at least 4 members (excludes halogenated alkanes) is 8. The predicted molar refractivity (Wildman–Crippen MR) is 132 cm³/mol. The van der Waals surface area contributed by atoms with Crippen LogP contribution in [0.25, 0.3) is 0 Å². The molecule has 156 valence electrons. The van der Waals surface area contributed by atoms with E-state index in [4.69, 9.17) is 0 Å². The normalized spacial score (nSPS) is 11.7. The van der Waals surface area contributed by atoms with Gasteiger partial charge in [0.05, 0.1) is 0 Å². The maximum atomic E-state index is 2.45. The first kappa shape index (κ1) is 26.9. The van der Waals surface area contributed by atoms with Gasteiger partial charge >= 0.3 is 0 Å². The van der Waals surface area contributed by atoms with Gasteiger partial charge in [-0.15, -0.1) is 15.6 Å². The average molecular weight is 400 g/mol. The summed E-state index contributed by atoms with van der Waals surface area (Å²) in [6, 6.07) is 0. The molecule has 0 radical (unpaired) electrons. The van der Waals surface area contributed by atoms with Crippen molar-refractivity contribution in [2.75, 3.05) is 24.6 Å². The quantitative estimate of drug-likeness (QED) is 0.108. The van der Waals surface area contributed by atoms with Crippen molar-refractivity contribution in [3.8, 4) is 0 Å². The lowest BCUT2D eigenvalue weighted by Crippen LogP contribution is -2.17. The highest BCUT2D eigenvalue weighted by molar-refractivity contribution is 8.19. The molecule has 0 unspecified atom stereocenters. The molecule has 0 atom stereocenters. The van der Waals surface area contributed by atoms with Crippen LogP contribution in [-0.2, 0) is 0 Å². The van der Waals surface area contributed by atoms with Crippen LogP contribution >= 0.6 is 15.6 Å². The Bertz CT molecular complexity index is 229. The van der Waals surface area contributed by atoms with Gasteiger partial charge in [-0.1, -0.05) is 124 Å². The Hall–Kier alpha value is 0.925. The van der Waals surface area contributed by atoms with Crippen molar-refractivity contribution in [1.82, 2.24) is 0 Å². The van der Waals surface area contributed by atoms with Gasteiger partial charge in [0.25, 0.3) is 0 Å². The fourth-order valence-corrected chi connectivity index (χ4v) is 12.6. The van der Waals surface area contributed by atoms with Gasteiger partial charge in [0.2, 0.25) is 0 Å². The van der Waals surface area contributed by atoms with Crippen LogP contribution in [0.3, 0.4) is 0 Å². The number of hydrogen-bond acceptors (Lipinski definition) is 0. The third kappa shape index (κ3) is 14.0. The fraction of sp³-hybridized carbons (Fsp3) is 1.00. The van der Waals surface area contributed by atoms with E-state index in [9.17, 15) is 0 Å². The molecular formula is C23H51BP2. The molecule has 0 fully saturated rings. The number of hydrogen-bond donors (Lipinski definition) is 0. The van der Waals surface area contributed by atoms with Crippen molar-refractivity contribution < 1.29 is 0 Å². The van der Waals surface area contributed by atoms with E-state index in [2.05, 4.69) is 34.6 Å². The zero-order chi connectivity index (χ0) is 19.5. The Labute approximate surface area is 171 Å². The standard InChI is InChI=1S/C23H51BP2/c1-6-11-15-20-25(21-16-12-7-2)24(19-10-5)26(22-17-13-8-3)23-18-14-9-4/h6-23H2,1-5H3. The molecule has 0 heterocycles. The largest absolute Gasteiger partial charge is 0.199 e. The van der Waals surface area contributed by atoms with E-state index in [0.717, 1.165) is 6.15 Å². The van der Waals surface area contributed by atoms with Crippen LogP contribution in [0.4, 0.5) is 0 Å². The van der Waals surface area contributed by atoms with E-state index >= 15 is 0 Å². The summed E-state index contributed by atoms with van der Waals surface area (Å²) in [6.07, 6.45) is 28.0. The summed E-state index contributed by atoms with van der Waals surface area (Å²) in [5.41, 5.74) is 0. The smallest absolute Gasteiger partial charge is 0.134 e. The minimum absolute atomic E-state index is 0.295. The molecule has 0 spiro atoms. The molecule has 0 N–H and O–H groups in total. The van der Waals surface area contributed by atoms with Crippen LogP contribution in [0.15, 0.2) is 0 Å². The van der Waals surface area contributed by atoms with E-state index in [1.54, 1.807) is 31.0 Å². The molecule has 3 heteroatoms. The van der Waals surface area contributed by atoms with E-state index in [1.807, 2.05) is 0 Å². The summed E-state index contributed by atoms with van der Waals surface area (Å²) in [7, 11) is 0.589. The molecule has 0 aromatic rings. The third-order valence-corrected chi connectivity index (χ3v) is 13.3. The summed E-state index contributed by atoms with van der Waals surface area (Å²) < 4.78 is 0. The monoisotopic (exact) mass is 400 g/mol. The molecule has 0 rings (SSSR count). The van der Waals surface area contributed by atoms with Crippen molar-refractivity contribution in [2.24, 2.45) is 0 Å². The van der Waals surface area contributed by atoms with E-state index in [1.165, 1.54) is 83.5 Å². The van der Waals surface area contributed by atoms with Crippen LogP contribution in [0.5, 0.6) is 0 Å². The van der Waals surface area contributed by atoms with E-state index in [-0.39, 0.29) is 0 Å². The number of rotatable bonds is 20. The summed E-state index contributed by atoms with van der Waals surface area (Å²) in [5, 5.41) is 0. The Kier molecular flexibility index (Phi) is 21.4. The summed E-state index contributed by atoms with van der Waals surface area (Å²) in [5.74, 6) is 0. The summed E-state index contributed by atoms with van der Waals surface area (Å²) >= 11 is 0. The Morgan fingerprint density at radius 1 is 0.423 bits per heavy atom. The minimum Gasteiger partial charge on any atom is -0.134 e. The molecule has 0 aromatic heterocycles. The van der Waals surface area contributed by atoms with Crippen molar-refractivity contribution in [3.63, 3.8) is 0 Å². The molecule has 0 aliphatic carbocycles. The van der Waals surface area contributed by atoms with Crippen molar-refractivity contribution in [2.45, 2.75) is 124 Å². The van der Waals surface area contributed by atoms with Crippen LogP contribution in [-0.4, -0.2) is 30.8 Å². The highest BCUT2D eigenvalue weighted by Crippen LogP contribution is 2.58. The van der Waals surface area contributed by atoms with Crippen molar-refractivity contribution in [3.05, 3.63) is 0 Å². The first-order chi connectivity index (χ1) is 12.7. The van der Waals surface area contributed by atoms with E-state index in [0.29, 0.717) is 15.6 Å².